The van der Waals surface area contributed by atoms with Crippen LogP contribution >= 0.6 is 0 Å². The fourth-order valence-corrected chi connectivity index (χ4v) is 3.12. The minimum Gasteiger partial charge on any atom is -0.479 e. The summed E-state index contributed by atoms with van der Waals surface area (Å²) in [5.41, 5.74) is 0.324. The summed E-state index contributed by atoms with van der Waals surface area (Å²) in [6.45, 7) is 2.17. The van der Waals surface area contributed by atoms with Gasteiger partial charge in [-0.15, -0.1) is 0 Å². The molecule has 1 aromatic rings. The van der Waals surface area contributed by atoms with Gasteiger partial charge in [0.2, 0.25) is 0 Å². The molecule has 1 aliphatic heterocycles. The molecular formula is C14H18N2O5S. The number of rotatable bonds is 6. The van der Waals surface area contributed by atoms with Crippen molar-refractivity contribution in [2.45, 2.75) is 19.4 Å². The molecule has 0 spiro atoms. The molecule has 0 amide bonds. The van der Waals surface area contributed by atoms with Gasteiger partial charge < -0.3 is 9.84 Å². The van der Waals surface area contributed by atoms with Gasteiger partial charge in [0, 0.05) is 19.2 Å². The van der Waals surface area contributed by atoms with Gasteiger partial charge in [-0.05, 0) is 25.5 Å². The number of anilines is 1. The Hall–Kier alpha value is -2.06. The van der Waals surface area contributed by atoms with Crippen molar-refractivity contribution < 1.29 is 23.1 Å². The Morgan fingerprint density at radius 3 is 2.82 bits per heavy atom. The van der Waals surface area contributed by atoms with Crippen LogP contribution in [0.2, 0.25) is 0 Å². The summed E-state index contributed by atoms with van der Waals surface area (Å²) in [5, 5.41) is 8.82. The minimum atomic E-state index is -3.64. The molecule has 1 heterocycles. The van der Waals surface area contributed by atoms with E-state index < -0.39 is 22.3 Å². The number of benzene rings is 1. The molecule has 0 fully saturated rings. The molecule has 1 aliphatic rings. The third-order valence-electron chi connectivity index (χ3n) is 3.10. The Labute approximate surface area is 129 Å². The number of carboxylic acid groups (broad SMARTS) is 1. The van der Waals surface area contributed by atoms with Gasteiger partial charge in [0.25, 0.3) is 0 Å². The molecule has 8 heteroatoms. The highest BCUT2D eigenvalue weighted by Crippen LogP contribution is 2.21. The van der Waals surface area contributed by atoms with E-state index in [2.05, 4.69) is 4.72 Å². The SMILES string of the molecule is CC(Oc1cccc(NS(=O)(=O)N2CC=CCC2)c1)C(=O)O. The first kappa shape index (κ1) is 16.3. The Kier molecular flexibility index (Phi) is 5.04. The highest BCUT2D eigenvalue weighted by Gasteiger charge is 2.22. The quantitative estimate of drug-likeness (QED) is 0.772. The van der Waals surface area contributed by atoms with Crippen molar-refractivity contribution >= 4 is 21.9 Å². The lowest BCUT2D eigenvalue weighted by Crippen LogP contribution is -2.38. The van der Waals surface area contributed by atoms with E-state index in [9.17, 15) is 13.2 Å². The maximum atomic E-state index is 12.2. The van der Waals surface area contributed by atoms with Crippen molar-refractivity contribution in [3.63, 3.8) is 0 Å². The van der Waals surface area contributed by atoms with E-state index in [0.29, 0.717) is 25.2 Å². The highest BCUT2D eigenvalue weighted by atomic mass is 32.2. The van der Waals surface area contributed by atoms with Gasteiger partial charge in [-0.25, -0.2) is 4.79 Å². The van der Waals surface area contributed by atoms with Crippen LogP contribution < -0.4 is 9.46 Å². The molecule has 0 aliphatic carbocycles. The lowest BCUT2D eigenvalue weighted by molar-refractivity contribution is -0.144. The molecule has 0 aromatic heterocycles. The molecule has 0 radical (unpaired) electrons. The Balaban J connectivity index is 2.09. The van der Waals surface area contributed by atoms with E-state index in [0.717, 1.165) is 0 Å². The molecule has 0 saturated heterocycles. The van der Waals surface area contributed by atoms with E-state index in [-0.39, 0.29) is 5.75 Å². The van der Waals surface area contributed by atoms with Crippen LogP contribution in [-0.4, -0.2) is 43.0 Å². The molecule has 22 heavy (non-hydrogen) atoms. The molecular weight excluding hydrogens is 308 g/mol. The van der Waals surface area contributed by atoms with Gasteiger partial charge in [0.15, 0.2) is 6.10 Å². The zero-order valence-electron chi connectivity index (χ0n) is 12.1. The second-order valence-corrected chi connectivity index (χ2v) is 6.52. The van der Waals surface area contributed by atoms with Crippen LogP contribution in [0.1, 0.15) is 13.3 Å². The lowest BCUT2D eigenvalue weighted by atomic mass is 10.3. The Morgan fingerprint density at radius 1 is 1.41 bits per heavy atom. The Morgan fingerprint density at radius 2 is 2.18 bits per heavy atom. The lowest BCUT2D eigenvalue weighted by Gasteiger charge is -2.23. The summed E-state index contributed by atoms with van der Waals surface area (Å²) in [7, 11) is -3.64. The van der Waals surface area contributed by atoms with E-state index in [1.165, 1.54) is 17.3 Å². The van der Waals surface area contributed by atoms with E-state index >= 15 is 0 Å². The number of hydrogen-bond donors (Lipinski definition) is 2. The zero-order valence-corrected chi connectivity index (χ0v) is 12.9. The van der Waals surface area contributed by atoms with Gasteiger partial charge in [0.05, 0.1) is 5.69 Å². The van der Waals surface area contributed by atoms with Gasteiger partial charge in [-0.3, -0.25) is 4.72 Å². The maximum Gasteiger partial charge on any atom is 0.344 e. The molecule has 0 saturated carbocycles. The number of aliphatic carboxylic acids is 1. The maximum absolute atomic E-state index is 12.2. The van der Waals surface area contributed by atoms with E-state index in [4.69, 9.17) is 9.84 Å². The smallest absolute Gasteiger partial charge is 0.344 e. The second-order valence-electron chi connectivity index (χ2n) is 4.85. The van der Waals surface area contributed by atoms with Crippen LogP contribution in [-0.2, 0) is 15.0 Å². The second kappa shape index (κ2) is 6.80. The number of ether oxygens (including phenoxy) is 1. The average Bonchev–Trinajstić information content (AvgIpc) is 2.48. The van der Waals surface area contributed by atoms with Crippen molar-refractivity contribution in [1.29, 1.82) is 0 Å². The number of hydrogen-bond acceptors (Lipinski definition) is 4. The molecule has 1 unspecified atom stereocenters. The number of nitrogens with one attached hydrogen (secondary N) is 1. The van der Waals surface area contributed by atoms with Crippen molar-refractivity contribution in [3.8, 4) is 5.75 Å². The summed E-state index contributed by atoms with van der Waals surface area (Å²) in [4.78, 5) is 10.8. The third kappa shape index (κ3) is 4.22. The fraction of sp³-hybridized carbons (Fsp3) is 0.357. The van der Waals surface area contributed by atoms with Crippen molar-refractivity contribution in [1.82, 2.24) is 4.31 Å². The standard InChI is InChI=1S/C14H18N2O5S/c1-11(14(17)18)21-13-7-5-6-12(10-13)15-22(19,20)16-8-3-2-4-9-16/h2-3,5-7,10-11,15H,4,8-9H2,1H3,(H,17,18). The topological polar surface area (TPSA) is 95.9 Å². The van der Waals surface area contributed by atoms with Gasteiger partial charge >= 0.3 is 16.2 Å². The summed E-state index contributed by atoms with van der Waals surface area (Å²) in [5.74, 6) is -0.806. The molecule has 0 bridgehead atoms. The minimum absolute atomic E-state index is 0.286. The normalized spacial score (nSPS) is 17.0. The molecule has 1 aromatic carbocycles. The van der Waals surface area contributed by atoms with Crippen LogP contribution in [0.5, 0.6) is 5.75 Å². The number of carbonyl (C=O) groups is 1. The van der Waals surface area contributed by atoms with Crippen molar-refractivity contribution in [2.24, 2.45) is 0 Å². The fourth-order valence-electron chi connectivity index (χ4n) is 1.94. The molecule has 1 atom stereocenters. The van der Waals surface area contributed by atoms with Gasteiger partial charge in [-0.2, -0.15) is 12.7 Å². The zero-order chi connectivity index (χ0) is 16.2. The summed E-state index contributed by atoms with van der Waals surface area (Å²) >= 11 is 0. The largest absolute Gasteiger partial charge is 0.479 e. The van der Waals surface area contributed by atoms with Crippen molar-refractivity contribution in [2.75, 3.05) is 17.8 Å². The van der Waals surface area contributed by atoms with Crippen LogP contribution in [0.4, 0.5) is 5.69 Å². The van der Waals surface area contributed by atoms with Crippen molar-refractivity contribution in [3.05, 3.63) is 36.4 Å². The molecule has 2 rings (SSSR count). The molecule has 7 nitrogen and oxygen atoms in total. The number of nitrogens with zero attached hydrogens (tertiary/aromatic N) is 1. The first-order chi connectivity index (χ1) is 10.4. The summed E-state index contributed by atoms with van der Waals surface area (Å²) in [6, 6.07) is 6.20. The van der Waals surface area contributed by atoms with Gasteiger partial charge in [-0.1, -0.05) is 18.2 Å². The molecule has 2 N–H and O–H groups in total. The first-order valence-electron chi connectivity index (χ1n) is 6.81. The summed E-state index contributed by atoms with van der Waals surface area (Å²) in [6.07, 6.45) is 3.41. The number of carboxylic acids is 1. The Bertz CT molecular complexity index is 672. The van der Waals surface area contributed by atoms with Crippen LogP contribution in [0, 0.1) is 0 Å². The third-order valence-corrected chi connectivity index (χ3v) is 4.61. The monoisotopic (exact) mass is 326 g/mol. The van der Waals surface area contributed by atoms with Crippen LogP contribution in [0.25, 0.3) is 0 Å². The van der Waals surface area contributed by atoms with E-state index in [1.54, 1.807) is 24.3 Å². The van der Waals surface area contributed by atoms with Gasteiger partial charge in [0.1, 0.15) is 5.75 Å². The van der Waals surface area contributed by atoms with E-state index in [1.807, 2.05) is 6.08 Å². The summed E-state index contributed by atoms with van der Waals surface area (Å²) < 4.78 is 33.5. The molecule has 120 valence electrons. The average molecular weight is 326 g/mol. The predicted molar refractivity (Wildman–Crippen MR) is 82.0 cm³/mol. The predicted octanol–water partition coefficient (Wildman–Crippen LogP) is 1.46. The van der Waals surface area contributed by atoms with Crippen LogP contribution in [0.3, 0.4) is 0 Å². The highest BCUT2D eigenvalue weighted by molar-refractivity contribution is 7.90. The first-order valence-corrected chi connectivity index (χ1v) is 8.25. The van der Waals surface area contributed by atoms with Crippen LogP contribution in [0.15, 0.2) is 36.4 Å².